The van der Waals surface area contributed by atoms with Crippen LogP contribution in [0.1, 0.15) is 25.0 Å². The average Bonchev–Trinajstić information content (AvgIpc) is 2.27. The highest BCUT2D eigenvalue weighted by molar-refractivity contribution is 5.74. The van der Waals surface area contributed by atoms with Crippen molar-refractivity contribution in [1.82, 2.24) is 4.90 Å². The Kier molecular flexibility index (Phi) is 2.97. The molecule has 0 aliphatic carbocycles. The Morgan fingerprint density at radius 2 is 2.00 bits per heavy atom. The van der Waals surface area contributed by atoms with Crippen molar-refractivity contribution in [3.63, 3.8) is 0 Å². The molecule has 1 aliphatic rings. The summed E-state index contributed by atoms with van der Waals surface area (Å²) in [5.41, 5.74) is 2.43. The summed E-state index contributed by atoms with van der Waals surface area (Å²) in [4.78, 5) is 13.3. The number of carboxylic acids is 1. The number of carbonyl (C=O) groups is 1. The van der Waals surface area contributed by atoms with Crippen LogP contribution in [0.25, 0.3) is 0 Å². The van der Waals surface area contributed by atoms with E-state index in [4.69, 9.17) is 0 Å². The summed E-state index contributed by atoms with van der Waals surface area (Å²) in [5.74, 6) is -0.719. The van der Waals surface area contributed by atoms with Crippen molar-refractivity contribution >= 4 is 5.97 Å². The Morgan fingerprint density at radius 3 is 2.56 bits per heavy atom. The molecule has 0 aromatic heterocycles. The van der Waals surface area contributed by atoms with E-state index >= 15 is 0 Å². The molecule has 3 heteroatoms. The lowest BCUT2D eigenvalue weighted by Crippen LogP contribution is -2.48. The van der Waals surface area contributed by atoms with Crippen LogP contribution in [0, 0.1) is 0 Å². The summed E-state index contributed by atoms with van der Waals surface area (Å²) in [5, 5.41) is 9.24. The van der Waals surface area contributed by atoms with E-state index < -0.39 is 5.97 Å². The zero-order valence-corrected chi connectivity index (χ0v) is 9.68. The number of hydrogen-bond donors (Lipinski definition) is 1. The first-order chi connectivity index (χ1) is 7.59. The van der Waals surface area contributed by atoms with Gasteiger partial charge in [0.15, 0.2) is 0 Å². The van der Waals surface area contributed by atoms with Gasteiger partial charge in [-0.3, -0.25) is 9.69 Å². The van der Waals surface area contributed by atoms with Crippen LogP contribution in [0.5, 0.6) is 0 Å². The van der Waals surface area contributed by atoms with Gasteiger partial charge < -0.3 is 5.11 Å². The molecule has 2 rings (SSSR count). The Hall–Kier alpha value is -1.35. The molecule has 0 radical (unpaired) electrons. The number of benzene rings is 1. The van der Waals surface area contributed by atoms with Crippen molar-refractivity contribution in [3.05, 3.63) is 35.4 Å². The summed E-state index contributed by atoms with van der Waals surface area (Å²) in [6.07, 6.45) is 0.615. The molecule has 0 spiro atoms. The predicted molar refractivity (Wildman–Crippen MR) is 62.2 cm³/mol. The highest BCUT2D eigenvalue weighted by atomic mass is 16.4. The maximum atomic E-state index is 11.2. The lowest BCUT2D eigenvalue weighted by Gasteiger charge is -2.37. The zero-order chi connectivity index (χ0) is 11.7. The summed E-state index contributed by atoms with van der Waals surface area (Å²) in [7, 11) is 0. The van der Waals surface area contributed by atoms with Gasteiger partial charge in [-0.25, -0.2) is 0 Å². The second-order valence-corrected chi connectivity index (χ2v) is 4.59. The smallest absolute Gasteiger partial charge is 0.321 e. The molecular weight excluding hydrogens is 202 g/mol. The van der Waals surface area contributed by atoms with Gasteiger partial charge in [-0.15, -0.1) is 0 Å². The lowest BCUT2D eigenvalue weighted by molar-refractivity contribution is -0.144. The SMILES string of the molecule is CC(C)N1Cc2ccccc2C[C@@H]1C(=O)O. The van der Waals surface area contributed by atoms with Gasteiger partial charge >= 0.3 is 5.97 Å². The molecule has 0 bridgehead atoms. The molecule has 1 atom stereocenters. The van der Waals surface area contributed by atoms with E-state index in [2.05, 4.69) is 6.07 Å². The van der Waals surface area contributed by atoms with Gasteiger partial charge in [-0.1, -0.05) is 24.3 Å². The second kappa shape index (κ2) is 4.26. The van der Waals surface area contributed by atoms with Crippen LogP contribution < -0.4 is 0 Å². The van der Waals surface area contributed by atoms with Gasteiger partial charge in [0.1, 0.15) is 6.04 Å². The maximum absolute atomic E-state index is 11.2. The van der Waals surface area contributed by atoms with Crippen LogP contribution in [0.15, 0.2) is 24.3 Å². The molecule has 1 heterocycles. The monoisotopic (exact) mass is 219 g/mol. The van der Waals surface area contributed by atoms with Gasteiger partial charge in [0.25, 0.3) is 0 Å². The standard InChI is InChI=1S/C13H17NO2/c1-9(2)14-8-11-6-4-3-5-10(11)7-12(14)13(15)16/h3-6,9,12H,7-8H2,1-2H3,(H,15,16)/t12-/m1/s1. The Balaban J connectivity index is 2.33. The quantitative estimate of drug-likeness (QED) is 0.826. The molecule has 1 aromatic rings. The molecule has 0 saturated carbocycles. The van der Waals surface area contributed by atoms with Crippen molar-refractivity contribution in [2.75, 3.05) is 0 Å². The second-order valence-electron chi connectivity index (χ2n) is 4.59. The maximum Gasteiger partial charge on any atom is 0.321 e. The fourth-order valence-corrected chi connectivity index (χ4v) is 2.31. The summed E-state index contributed by atoms with van der Waals surface area (Å²) in [6, 6.07) is 7.98. The van der Waals surface area contributed by atoms with E-state index in [9.17, 15) is 9.90 Å². The summed E-state index contributed by atoms with van der Waals surface area (Å²) >= 11 is 0. The first kappa shape index (κ1) is 11.1. The molecule has 0 unspecified atom stereocenters. The highest BCUT2D eigenvalue weighted by Gasteiger charge is 2.32. The van der Waals surface area contributed by atoms with Gasteiger partial charge in [-0.2, -0.15) is 0 Å². The third kappa shape index (κ3) is 1.95. The van der Waals surface area contributed by atoms with E-state index in [1.54, 1.807) is 0 Å². The molecule has 1 aromatic carbocycles. The molecule has 1 aliphatic heterocycles. The molecule has 0 saturated heterocycles. The number of rotatable bonds is 2. The van der Waals surface area contributed by atoms with E-state index in [-0.39, 0.29) is 12.1 Å². The van der Waals surface area contributed by atoms with Crippen molar-refractivity contribution in [2.24, 2.45) is 0 Å². The summed E-state index contributed by atoms with van der Waals surface area (Å²) in [6.45, 7) is 4.83. The van der Waals surface area contributed by atoms with Crippen LogP contribution in [0.4, 0.5) is 0 Å². The van der Waals surface area contributed by atoms with Crippen LogP contribution in [0.3, 0.4) is 0 Å². The van der Waals surface area contributed by atoms with Crippen molar-refractivity contribution in [3.8, 4) is 0 Å². The molecule has 0 amide bonds. The predicted octanol–water partition coefficient (Wildman–Crippen LogP) is 1.91. The molecule has 3 nitrogen and oxygen atoms in total. The van der Waals surface area contributed by atoms with Crippen LogP contribution in [0.2, 0.25) is 0 Å². The van der Waals surface area contributed by atoms with Crippen LogP contribution in [-0.2, 0) is 17.8 Å². The van der Waals surface area contributed by atoms with Gasteiger partial charge in [0.2, 0.25) is 0 Å². The summed E-state index contributed by atoms with van der Waals surface area (Å²) < 4.78 is 0. The molecular formula is C13H17NO2. The van der Waals surface area contributed by atoms with Gasteiger partial charge in [0, 0.05) is 12.6 Å². The van der Waals surface area contributed by atoms with Gasteiger partial charge in [0.05, 0.1) is 0 Å². The fraction of sp³-hybridized carbons (Fsp3) is 0.462. The first-order valence-corrected chi connectivity index (χ1v) is 5.65. The normalized spacial score (nSPS) is 20.8. The van der Waals surface area contributed by atoms with Crippen LogP contribution in [-0.4, -0.2) is 28.1 Å². The van der Waals surface area contributed by atoms with E-state index in [0.717, 1.165) is 6.54 Å². The molecule has 1 N–H and O–H groups in total. The van der Waals surface area contributed by atoms with E-state index in [1.807, 2.05) is 36.9 Å². The zero-order valence-electron chi connectivity index (χ0n) is 9.68. The first-order valence-electron chi connectivity index (χ1n) is 5.65. The third-order valence-electron chi connectivity index (χ3n) is 3.23. The minimum absolute atomic E-state index is 0.259. The largest absolute Gasteiger partial charge is 0.480 e. The highest BCUT2D eigenvalue weighted by Crippen LogP contribution is 2.24. The average molecular weight is 219 g/mol. The molecule has 0 fully saturated rings. The number of hydrogen-bond acceptors (Lipinski definition) is 2. The Bertz CT molecular complexity index is 401. The number of aliphatic carboxylic acids is 1. The number of fused-ring (bicyclic) bond motifs is 1. The van der Waals surface area contributed by atoms with Crippen LogP contribution >= 0.6 is 0 Å². The molecule has 16 heavy (non-hydrogen) atoms. The Labute approximate surface area is 95.7 Å². The topological polar surface area (TPSA) is 40.5 Å². The Morgan fingerprint density at radius 1 is 1.38 bits per heavy atom. The van der Waals surface area contributed by atoms with Gasteiger partial charge in [-0.05, 0) is 31.4 Å². The number of nitrogens with zero attached hydrogens (tertiary/aromatic N) is 1. The number of carboxylic acid groups (broad SMARTS) is 1. The fourth-order valence-electron chi connectivity index (χ4n) is 2.31. The minimum atomic E-state index is -0.719. The lowest BCUT2D eigenvalue weighted by atomic mass is 9.93. The van der Waals surface area contributed by atoms with Crippen molar-refractivity contribution in [2.45, 2.75) is 38.9 Å². The van der Waals surface area contributed by atoms with E-state index in [1.165, 1.54) is 11.1 Å². The molecule has 86 valence electrons. The van der Waals surface area contributed by atoms with E-state index in [0.29, 0.717) is 6.42 Å². The third-order valence-corrected chi connectivity index (χ3v) is 3.23. The van der Waals surface area contributed by atoms with Crippen molar-refractivity contribution < 1.29 is 9.90 Å². The van der Waals surface area contributed by atoms with Crippen molar-refractivity contribution in [1.29, 1.82) is 0 Å². The minimum Gasteiger partial charge on any atom is -0.480 e.